The van der Waals surface area contributed by atoms with E-state index in [-0.39, 0.29) is 16.1 Å². The number of aromatic nitrogens is 3. The number of carboxylic acid groups (broad SMARTS) is 1. The Balaban J connectivity index is 2.02. The average molecular weight is 328 g/mol. The van der Waals surface area contributed by atoms with Gasteiger partial charge in [-0.3, -0.25) is 9.78 Å². The number of hydrogen-bond acceptors (Lipinski definition) is 4. The first kappa shape index (κ1) is 14.9. The maximum absolute atomic E-state index is 12.0. The highest BCUT2D eigenvalue weighted by Crippen LogP contribution is 2.23. The molecule has 0 fully saturated rings. The molecule has 6 nitrogen and oxygen atoms in total. The molecule has 114 valence electrons. The lowest BCUT2D eigenvalue weighted by Crippen LogP contribution is -2.09. The van der Waals surface area contributed by atoms with Gasteiger partial charge in [0.2, 0.25) is 0 Å². The van der Waals surface area contributed by atoms with Crippen LogP contribution in [0.4, 0.5) is 0 Å². The maximum Gasteiger partial charge on any atom is 0.337 e. The molecule has 0 bridgehead atoms. The molecular weight excluding hydrogens is 318 g/mol. The van der Waals surface area contributed by atoms with E-state index in [0.29, 0.717) is 22.3 Å². The third kappa shape index (κ3) is 2.97. The normalized spacial score (nSPS) is 11.2. The standard InChI is InChI=1S/C16H10ClN3O3/c17-14-9(2-1-3-11(14)16(22)23)4-5-13-19-12-8-18-7-6-10(12)15(21)20-13/h1-8H,(H,22,23)(H,19,20,21). The SMILES string of the molecule is O=C(O)c1cccc(C=Cc2nc3cnccc3c(=O)[nH]2)c1Cl. The molecule has 2 heterocycles. The summed E-state index contributed by atoms with van der Waals surface area (Å²) in [5.41, 5.74) is 0.724. The van der Waals surface area contributed by atoms with E-state index in [1.54, 1.807) is 30.4 Å². The minimum absolute atomic E-state index is 0.0120. The number of fused-ring (bicyclic) bond motifs is 1. The zero-order valence-electron chi connectivity index (χ0n) is 11.7. The minimum Gasteiger partial charge on any atom is -0.478 e. The van der Waals surface area contributed by atoms with E-state index in [1.165, 1.54) is 18.5 Å². The Kier molecular flexibility index (Phi) is 3.91. The molecule has 0 aliphatic rings. The van der Waals surface area contributed by atoms with Crippen molar-refractivity contribution in [3.63, 3.8) is 0 Å². The fourth-order valence-electron chi connectivity index (χ4n) is 2.10. The summed E-state index contributed by atoms with van der Waals surface area (Å²) < 4.78 is 0. The highest BCUT2D eigenvalue weighted by molar-refractivity contribution is 6.35. The quantitative estimate of drug-likeness (QED) is 0.771. The van der Waals surface area contributed by atoms with Gasteiger partial charge in [0.05, 0.1) is 27.7 Å². The molecule has 2 aromatic heterocycles. The number of halogens is 1. The summed E-state index contributed by atoms with van der Waals surface area (Å²) in [6, 6.07) is 6.27. The van der Waals surface area contributed by atoms with Crippen molar-refractivity contribution in [2.75, 3.05) is 0 Å². The average Bonchev–Trinajstić information content (AvgIpc) is 2.53. The maximum atomic E-state index is 12.0. The lowest BCUT2D eigenvalue weighted by molar-refractivity contribution is 0.0697. The highest BCUT2D eigenvalue weighted by Gasteiger charge is 2.10. The van der Waals surface area contributed by atoms with Crippen molar-refractivity contribution in [2.45, 2.75) is 0 Å². The Hall–Kier alpha value is -2.99. The van der Waals surface area contributed by atoms with Gasteiger partial charge in [0, 0.05) is 6.20 Å². The van der Waals surface area contributed by atoms with E-state index in [9.17, 15) is 9.59 Å². The van der Waals surface area contributed by atoms with Crippen LogP contribution < -0.4 is 5.56 Å². The molecular formula is C16H10ClN3O3. The van der Waals surface area contributed by atoms with Gasteiger partial charge in [0.1, 0.15) is 5.82 Å². The third-order valence-corrected chi connectivity index (χ3v) is 3.63. The predicted octanol–water partition coefficient (Wildman–Crippen LogP) is 2.84. The van der Waals surface area contributed by atoms with Gasteiger partial charge in [-0.25, -0.2) is 9.78 Å². The number of pyridine rings is 1. The van der Waals surface area contributed by atoms with Gasteiger partial charge in [0.15, 0.2) is 0 Å². The van der Waals surface area contributed by atoms with Crippen molar-refractivity contribution < 1.29 is 9.90 Å². The molecule has 0 aliphatic heterocycles. The van der Waals surface area contributed by atoms with Crippen LogP contribution in [-0.2, 0) is 0 Å². The number of carbonyl (C=O) groups is 1. The van der Waals surface area contributed by atoms with Crippen molar-refractivity contribution in [3.05, 3.63) is 69.0 Å². The van der Waals surface area contributed by atoms with Crippen molar-refractivity contribution >= 4 is 40.6 Å². The number of benzene rings is 1. The van der Waals surface area contributed by atoms with Gasteiger partial charge >= 0.3 is 5.97 Å². The highest BCUT2D eigenvalue weighted by atomic mass is 35.5. The molecule has 0 saturated carbocycles. The van der Waals surface area contributed by atoms with Gasteiger partial charge in [-0.05, 0) is 29.8 Å². The summed E-state index contributed by atoms with van der Waals surface area (Å²) in [4.78, 5) is 33.9. The number of aromatic amines is 1. The second-order valence-electron chi connectivity index (χ2n) is 4.69. The number of carboxylic acids is 1. The Morgan fingerprint density at radius 3 is 2.87 bits per heavy atom. The van der Waals surface area contributed by atoms with E-state index < -0.39 is 5.97 Å². The number of aromatic carboxylic acids is 1. The van der Waals surface area contributed by atoms with Crippen LogP contribution in [0.2, 0.25) is 5.02 Å². The number of hydrogen-bond donors (Lipinski definition) is 2. The molecule has 0 aliphatic carbocycles. The smallest absolute Gasteiger partial charge is 0.337 e. The zero-order chi connectivity index (χ0) is 16.4. The van der Waals surface area contributed by atoms with Crippen molar-refractivity contribution in [1.29, 1.82) is 0 Å². The van der Waals surface area contributed by atoms with E-state index in [2.05, 4.69) is 15.0 Å². The molecule has 0 spiro atoms. The van der Waals surface area contributed by atoms with Crippen LogP contribution in [0.15, 0.2) is 41.5 Å². The van der Waals surface area contributed by atoms with Crippen LogP contribution in [0, 0.1) is 0 Å². The fraction of sp³-hybridized carbons (Fsp3) is 0. The van der Waals surface area contributed by atoms with E-state index >= 15 is 0 Å². The molecule has 23 heavy (non-hydrogen) atoms. The third-order valence-electron chi connectivity index (χ3n) is 3.21. The Bertz CT molecular complexity index is 995. The molecule has 0 amide bonds. The molecule has 1 aromatic carbocycles. The van der Waals surface area contributed by atoms with Gasteiger partial charge in [-0.2, -0.15) is 0 Å². The molecule has 0 atom stereocenters. The van der Waals surface area contributed by atoms with Gasteiger partial charge in [-0.15, -0.1) is 0 Å². The van der Waals surface area contributed by atoms with Gasteiger partial charge in [-0.1, -0.05) is 23.7 Å². The summed E-state index contributed by atoms with van der Waals surface area (Å²) in [6.07, 6.45) is 6.17. The topological polar surface area (TPSA) is 95.9 Å². The predicted molar refractivity (Wildman–Crippen MR) is 87.5 cm³/mol. The van der Waals surface area contributed by atoms with Crippen LogP contribution in [0.3, 0.4) is 0 Å². The van der Waals surface area contributed by atoms with Gasteiger partial charge < -0.3 is 10.1 Å². The summed E-state index contributed by atoms with van der Waals surface area (Å²) in [6.45, 7) is 0. The van der Waals surface area contributed by atoms with Crippen LogP contribution in [0.5, 0.6) is 0 Å². The molecule has 0 radical (unpaired) electrons. The first-order valence-electron chi connectivity index (χ1n) is 6.60. The summed E-state index contributed by atoms with van der Waals surface area (Å²) in [5, 5.41) is 9.63. The first-order valence-corrected chi connectivity index (χ1v) is 6.98. The van der Waals surface area contributed by atoms with Crippen LogP contribution in [0.25, 0.3) is 23.1 Å². The number of nitrogens with one attached hydrogen (secondary N) is 1. The lowest BCUT2D eigenvalue weighted by Gasteiger charge is -2.02. The molecule has 0 saturated heterocycles. The fourth-order valence-corrected chi connectivity index (χ4v) is 2.37. The Morgan fingerprint density at radius 2 is 2.09 bits per heavy atom. The molecule has 3 rings (SSSR count). The largest absolute Gasteiger partial charge is 0.478 e. The summed E-state index contributed by atoms with van der Waals surface area (Å²) >= 11 is 6.06. The van der Waals surface area contributed by atoms with Crippen molar-refractivity contribution in [3.8, 4) is 0 Å². The van der Waals surface area contributed by atoms with Gasteiger partial charge in [0.25, 0.3) is 5.56 Å². The summed E-state index contributed by atoms with van der Waals surface area (Å²) in [7, 11) is 0. The van der Waals surface area contributed by atoms with Crippen LogP contribution >= 0.6 is 11.6 Å². The molecule has 7 heteroatoms. The van der Waals surface area contributed by atoms with Crippen LogP contribution in [0.1, 0.15) is 21.7 Å². The zero-order valence-corrected chi connectivity index (χ0v) is 12.4. The summed E-state index contributed by atoms with van der Waals surface area (Å²) in [5.74, 6) is -0.777. The number of H-pyrrole nitrogens is 1. The lowest BCUT2D eigenvalue weighted by atomic mass is 10.1. The second kappa shape index (κ2) is 6.02. The first-order chi connectivity index (χ1) is 11.1. The van der Waals surface area contributed by atoms with E-state index in [4.69, 9.17) is 16.7 Å². The van der Waals surface area contributed by atoms with Crippen molar-refractivity contribution in [1.82, 2.24) is 15.0 Å². The number of nitrogens with zero attached hydrogens (tertiary/aromatic N) is 2. The Labute approximate surface area is 135 Å². The minimum atomic E-state index is -1.10. The molecule has 3 aromatic rings. The number of rotatable bonds is 3. The van der Waals surface area contributed by atoms with Crippen LogP contribution in [-0.4, -0.2) is 26.0 Å². The monoisotopic (exact) mass is 327 g/mol. The van der Waals surface area contributed by atoms with Crippen molar-refractivity contribution in [2.24, 2.45) is 0 Å². The van der Waals surface area contributed by atoms with E-state index in [1.807, 2.05) is 0 Å². The second-order valence-corrected chi connectivity index (χ2v) is 5.07. The molecule has 2 N–H and O–H groups in total. The van der Waals surface area contributed by atoms with E-state index in [0.717, 1.165) is 0 Å². The Morgan fingerprint density at radius 1 is 1.26 bits per heavy atom. The molecule has 0 unspecified atom stereocenters.